The lowest BCUT2D eigenvalue weighted by Crippen LogP contribution is -2.57. The molecule has 0 amide bonds. The zero-order valence-electron chi connectivity index (χ0n) is 14.4. The molecule has 1 atom stereocenters. The second-order valence-electron chi connectivity index (χ2n) is 6.83. The zero-order valence-corrected chi connectivity index (χ0v) is 14.4. The number of aliphatic carboxylic acids is 1. The second-order valence-corrected chi connectivity index (χ2v) is 6.83. The first-order valence-corrected chi connectivity index (χ1v) is 8.70. The molecular formula is C21H17F2NO3. The first-order valence-electron chi connectivity index (χ1n) is 8.70. The average Bonchev–Trinajstić information content (AvgIpc) is 2.59. The summed E-state index contributed by atoms with van der Waals surface area (Å²) < 4.78 is 33.1. The summed E-state index contributed by atoms with van der Waals surface area (Å²) in [6.07, 6.45) is 0.775. The number of hydrogen-bond donors (Lipinski definition) is 1. The number of fused-ring (bicyclic) bond motifs is 1. The van der Waals surface area contributed by atoms with E-state index in [2.05, 4.69) is 16.7 Å². The third-order valence-electron chi connectivity index (χ3n) is 5.02. The van der Waals surface area contributed by atoms with Crippen molar-refractivity contribution in [2.45, 2.75) is 12.5 Å². The van der Waals surface area contributed by atoms with Crippen LogP contribution < -0.4 is 4.74 Å². The molecule has 6 heteroatoms. The predicted molar refractivity (Wildman–Crippen MR) is 94.5 cm³/mol. The highest BCUT2D eigenvalue weighted by Crippen LogP contribution is 2.30. The van der Waals surface area contributed by atoms with Crippen molar-refractivity contribution in [3.8, 4) is 17.6 Å². The van der Waals surface area contributed by atoms with Crippen LogP contribution in [0.2, 0.25) is 0 Å². The molecule has 2 aliphatic heterocycles. The number of halogens is 2. The van der Waals surface area contributed by atoms with Crippen molar-refractivity contribution in [1.82, 2.24) is 4.90 Å². The number of rotatable bonds is 2. The van der Waals surface area contributed by atoms with Crippen LogP contribution in [0.4, 0.5) is 8.78 Å². The van der Waals surface area contributed by atoms with Crippen molar-refractivity contribution in [3.63, 3.8) is 0 Å². The summed E-state index contributed by atoms with van der Waals surface area (Å²) >= 11 is 0. The molecule has 0 spiro atoms. The van der Waals surface area contributed by atoms with E-state index in [0.29, 0.717) is 31.0 Å². The molecule has 2 aromatic rings. The smallest absolute Gasteiger partial charge is 0.309 e. The summed E-state index contributed by atoms with van der Waals surface area (Å²) in [4.78, 5) is 13.1. The fourth-order valence-electron chi connectivity index (χ4n) is 3.39. The van der Waals surface area contributed by atoms with Crippen molar-refractivity contribution in [1.29, 1.82) is 0 Å². The number of carboxylic acids is 1. The van der Waals surface area contributed by atoms with Gasteiger partial charge in [0.2, 0.25) is 0 Å². The van der Waals surface area contributed by atoms with Crippen LogP contribution in [0.15, 0.2) is 36.4 Å². The molecular weight excluding hydrogens is 352 g/mol. The maximum Gasteiger partial charge on any atom is 0.309 e. The first kappa shape index (κ1) is 17.5. The summed E-state index contributed by atoms with van der Waals surface area (Å²) in [5, 5.41) is 8.99. The average molecular weight is 369 g/mol. The van der Waals surface area contributed by atoms with E-state index in [1.807, 2.05) is 6.07 Å². The Morgan fingerprint density at radius 3 is 2.59 bits per heavy atom. The largest absolute Gasteiger partial charge is 0.492 e. The van der Waals surface area contributed by atoms with Crippen molar-refractivity contribution >= 4 is 5.97 Å². The van der Waals surface area contributed by atoms with E-state index in [0.717, 1.165) is 12.0 Å². The molecule has 1 fully saturated rings. The van der Waals surface area contributed by atoms with Gasteiger partial charge in [-0.3, -0.25) is 9.69 Å². The van der Waals surface area contributed by atoms with E-state index in [1.165, 1.54) is 18.2 Å². The minimum Gasteiger partial charge on any atom is -0.492 e. The molecule has 4 rings (SSSR count). The molecule has 0 aliphatic carbocycles. The molecule has 2 aromatic carbocycles. The van der Waals surface area contributed by atoms with Crippen LogP contribution in [-0.4, -0.2) is 41.7 Å². The van der Waals surface area contributed by atoms with Gasteiger partial charge < -0.3 is 9.84 Å². The summed E-state index contributed by atoms with van der Waals surface area (Å²) in [5.41, 5.74) is 1.39. The third-order valence-corrected chi connectivity index (χ3v) is 5.02. The van der Waals surface area contributed by atoms with Gasteiger partial charge in [0, 0.05) is 24.7 Å². The highest BCUT2D eigenvalue weighted by atomic mass is 19.1. The normalized spacial score (nSPS) is 19.3. The van der Waals surface area contributed by atoms with Gasteiger partial charge in [-0.1, -0.05) is 24.0 Å². The van der Waals surface area contributed by atoms with Crippen molar-refractivity contribution < 1.29 is 23.4 Å². The van der Waals surface area contributed by atoms with Gasteiger partial charge in [0.1, 0.15) is 24.0 Å². The second kappa shape index (κ2) is 7.01. The van der Waals surface area contributed by atoms with Gasteiger partial charge in [-0.15, -0.1) is 0 Å². The Labute approximate surface area is 155 Å². The monoisotopic (exact) mass is 369 g/mol. The highest BCUT2D eigenvalue weighted by Gasteiger charge is 2.38. The number of likely N-dealkylation sites (tertiary alicyclic amines) is 1. The number of carbonyl (C=O) groups is 1. The lowest BCUT2D eigenvalue weighted by Gasteiger charge is -2.43. The highest BCUT2D eigenvalue weighted by molar-refractivity contribution is 5.71. The lowest BCUT2D eigenvalue weighted by molar-refractivity contribution is -0.149. The lowest BCUT2D eigenvalue weighted by atomic mass is 9.93. The van der Waals surface area contributed by atoms with Crippen LogP contribution in [0.1, 0.15) is 16.7 Å². The SMILES string of the molecule is O=C(O)C1CN(C2COc3cc(C#Cc4c(F)cccc4F)ccc3C2)C1. The minimum atomic E-state index is -0.752. The Kier molecular flexibility index (Phi) is 4.54. The molecule has 0 bridgehead atoms. The van der Waals surface area contributed by atoms with Gasteiger partial charge in [-0.2, -0.15) is 0 Å². The topological polar surface area (TPSA) is 49.8 Å². The maximum atomic E-state index is 13.7. The van der Waals surface area contributed by atoms with Crippen LogP contribution >= 0.6 is 0 Å². The molecule has 0 radical (unpaired) electrons. The predicted octanol–water partition coefficient (Wildman–Crippen LogP) is 2.68. The van der Waals surface area contributed by atoms with Gasteiger partial charge in [0.25, 0.3) is 0 Å². The molecule has 0 saturated carbocycles. The molecule has 1 saturated heterocycles. The van der Waals surface area contributed by atoms with Gasteiger partial charge in [-0.05, 0) is 36.2 Å². The van der Waals surface area contributed by atoms with Gasteiger partial charge in [0.15, 0.2) is 0 Å². The molecule has 4 nitrogen and oxygen atoms in total. The molecule has 27 heavy (non-hydrogen) atoms. The first-order chi connectivity index (χ1) is 13.0. The molecule has 1 N–H and O–H groups in total. The van der Waals surface area contributed by atoms with Gasteiger partial charge in [0.05, 0.1) is 11.5 Å². The van der Waals surface area contributed by atoms with Crippen LogP contribution in [0.3, 0.4) is 0 Å². The van der Waals surface area contributed by atoms with Crippen LogP contribution in [0.5, 0.6) is 5.75 Å². The van der Waals surface area contributed by atoms with Crippen molar-refractivity contribution in [2.24, 2.45) is 5.92 Å². The number of nitrogens with zero attached hydrogens (tertiary/aromatic N) is 1. The number of hydrogen-bond acceptors (Lipinski definition) is 3. The summed E-state index contributed by atoms with van der Waals surface area (Å²) in [5.74, 6) is 3.62. The molecule has 1 unspecified atom stereocenters. The minimum absolute atomic E-state index is 0.164. The Hall–Kier alpha value is -2.91. The van der Waals surface area contributed by atoms with E-state index in [-0.39, 0.29) is 17.5 Å². The Bertz CT molecular complexity index is 937. The number of carboxylic acid groups (broad SMARTS) is 1. The fraction of sp³-hybridized carbons (Fsp3) is 0.286. The van der Waals surface area contributed by atoms with Crippen molar-refractivity contribution in [2.75, 3.05) is 19.7 Å². The van der Waals surface area contributed by atoms with E-state index in [9.17, 15) is 13.6 Å². The third kappa shape index (κ3) is 3.51. The zero-order chi connectivity index (χ0) is 19.0. The Morgan fingerprint density at radius 1 is 1.15 bits per heavy atom. The number of benzene rings is 2. The van der Waals surface area contributed by atoms with E-state index in [1.54, 1.807) is 12.1 Å². The maximum absolute atomic E-state index is 13.7. The van der Waals surface area contributed by atoms with E-state index in [4.69, 9.17) is 9.84 Å². The van der Waals surface area contributed by atoms with Crippen LogP contribution in [0.25, 0.3) is 0 Å². The Balaban J connectivity index is 1.47. The van der Waals surface area contributed by atoms with E-state index < -0.39 is 17.6 Å². The van der Waals surface area contributed by atoms with Crippen LogP contribution in [-0.2, 0) is 11.2 Å². The summed E-state index contributed by atoms with van der Waals surface area (Å²) in [6.45, 7) is 1.59. The molecule has 0 aromatic heterocycles. The summed E-state index contributed by atoms with van der Waals surface area (Å²) in [7, 11) is 0. The number of ether oxygens (including phenoxy) is 1. The van der Waals surface area contributed by atoms with Crippen molar-refractivity contribution in [3.05, 3.63) is 64.7 Å². The van der Waals surface area contributed by atoms with E-state index >= 15 is 0 Å². The standard InChI is InChI=1S/C21H17F2NO3/c22-18-2-1-3-19(23)17(18)7-5-13-4-6-14-9-16(12-27-20(14)8-13)24-10-15(11-24)21(25)26/h1-4,6,8,15-16H,9-12H2,(H,25,26). The Morgan fingerprint density at radius 2 is 1.89 bits per heavy atom. The molecule has 2 aliphatic rings. The summed E-state index contributed by atoms with van der Waals surface area (Å²) in [6, 6.07) is 9.28. The van der Waals surface area contributed by atoms with Gasteiger partial charge in [-0.25, -0.2) is 8.78 Å². The van der Waals surface area contributed by atoms with Gasteiger partial charge >= 0.3 is 5.97 Å². The molecule has 2 heterocycles. The fourth-order valence-corrected chi connectivity index (χ4v) is 3.39. The molecule has 138 valence electrons. The quantitative estimate of drug-likeness (QED) is 0.827. The van der Waals surface area contributed by atoms with Crippen LogP contribution in [0, 0.1) is 29.4 Å².